The molecule has 3 rings (SSSR count). The molecule has 6 heteroatoms. The van der Waals surface area contributed by atoms with Crippen molar-refractivity contribution in [1.29, 1.82) is 0 Å². The zero-order valence-corrected chi connectivity index (χ0v) is 18.5. The maximum atomic E-state index is 13.3. The lowest BCUT2D eigenvalue weighted by atomic mass is 10.1. The van der Waals surface area contributed by atoms with Gasteiger partial charge >= 0.3 is 0 Å². The molecular formula is C23H24ClNO3S. The van der Waals surface area contributed by atoms with E-state index >= 15 is 0 Å². The number of ether oxygens (including phenoxy) is 1. The van der Waals surface area contributed by atoms with E-state index in [0.717, 1.165) is 5.75 Å². The monoisotopic (exact) mass is 429 g/mol. The van der Waals surface area contributed by atoms with Gasteiger partial charge in [-0.3, -0.25) is 9.59 Å². The van der Waals surface area contributed by atoms with E-state index in [2.05, 4.69) is 13.8 Å². The highest BCUT2D eigenvalue weighted by atomic mass is 35.5. The lowest BCUT2D eigenvalue weighted by Crippen LogP contribution is -2.31. The van der Waals surface area contributed by atoms with E-state index < -0.39 is 0 Å². The first-order valence-electron chi connectivity index (χ1n) is 9.56. The largest absolute Gasteiger partial charge is 0.493 e. The number of carbonyl (C=O) groups excluding carboxylic acids is 2. The first kappa shape index (κ1) is 21.5. The molecule has 0 bridgehead atoms. The van der Waals surface area contributed by atoms with Crippen LogP contribution < -0.4 is 9.64 Å². The van der Waals surface area contributed by atoms with Crippen LogP contribution in [0.25, 0.3) is 5.57 Å². The second kappa shape index (κ2) is 9.06. The van der Waals surface area contributed by atoms with Gasteiger partial charge in [-0.05, 0) is 47.9 Å². The van der Waals surface area contributed by atoms with Crippen molar-refractivity contribution in [3.05, 3.63) is 64.0 Å². The Labute approximate surface area is 180 Å². The molecule has 0 saturated heterocycles. The van der Waals surface area contributed by atoms with Gasteiger partial charge < -0.3 is 4.74 Å². The second-order valence-electron chi connectivity index (χ2n) is 7.52. The maximum Gasteiger partial charge on any atom is 0.272 e. The van der Waals surface area contributed by atoms with E-state index in [-0.39, 0.29) is 17.1 Å². The van der Waals surface area contributed by atoms with Crippen molar-refractivity contribution in [3.8, 4) is 5.75 Å². The average Bonchev–Trinajstić information content (AvgIpc) is 2.91. The molecule has 2 aromatic carbocycles. The van der Waals surface area contributed by atoms with E-state index in [4.69, 9.17) is 16.3 Å². The van der Waals surface area contributed by atoms with E-state index in [0.29, 0.717) is 39.3 Å². The number of hydrogen-bond acceptors (Lipinski definition) is 4. The molecule has 1 aliphatic heterocycles. The van der Waals surface area contributed by atoms with Gasteiger partial charge in [-0.1, -0.05) is 51.4 Å². The highest BCUT2D eigenvalue weighted by Crippen LogP contribution is 2.40. The molecule has 0 spiro atoms. The van der Waals surface area contributed by atoms with Gasteiger partial charge in [-0.2, -0.15) is 0 Å². The molecule has 1 heterocycles. The summed E-state index contributed by atoms with van der Waals surface area (Å²) in [6, 6.07) is 14.1. The molecule has 2 amide bonds. The molecule has 0 saturated carbocycles. The van der Waals surface area contributed by atoms with Crippen LogP contribution in [0.4, 0.5) is 5.69 Å². The molecule has 4 nitrogen and oxygen atoms in total. The van der Waals surface area contributed by atoms with Crippen LogP contribution >= 0.6 is 23.4 Å². The number of amides is 2. The fourth-order valence-corrected chi connectivity index (χ4v) is 4.03. The van der Waals surface area contributed by atoms with Crippen LogP contribution in [-0.4, -0.2) is 23.7 Å². The number of halogens is 1. The fourth-order valence-electron chi connectivity index (χ4n) is 2.91. The molecule has 0 unspecified atom stereocenters. The van der Waals surface area contributed by atoms with E-state index in [1.165, 1.54) is 16.7 Å². The van der Waals surface area contributed by atoms with E-state index in [1.54, 1.807) is 24.3 Å². The minimum atomic E-state index is -0.323. The average molecular weight is 430 g/mol. The lowest BCUT2D eigenvalue weighted by Gasteiger charge is -2.15. The van der Waals surface area contributed by atoms with Crippen LogP contribution in [0.1, 0.15) is 33.3 Å². The van der Waals surface area contributed by atoms with Crippen molar-refractivity contribution in [3.63, 3.8) is 0 Å². The highest BCUT2D eigenvalue weighted by Gasteiger charge is 2.40. The topological polar surface area (TPSA) is 46.6 Å². The molecule has 0 atom stereocenters. The van der Waals surface area contributed by atoms with Gasteiger partial charge in [-0.15, -0.1) is 11.8 Å². The summed E-state index contributed by atoms with van der Waals surface area (Å²) >= 11 is 7.37. The van der Waals surface area contributed by atoms with Gasteiger partial charge in [0.1, 0.15) is 5.75 Å². The Morgan fingerprint density at radius 1 is 0.931 bits per heavy atom. The Morgan fingerprint density at radius 2 is 1.55 bits per heavy atom. The summed E-state index contributed by atoms with van der Waals surface area (Å²) in [4.78, 5) is 28.1. The molecule has 0 radical (unpaired) electrons. The number of imide groups is 1. The van der Waals surface area contributed by atoms with E-state index in [1.807, 2.05) is 38.1 Å². The van der Waals surface area contributed by atoms with Crippen LogP contribution in [0.2, 0.25) is 5.02 Å². The van der Waals surface area contributed by atoms with Crippen molar-refractivity contribution in [1.82, 2.24) is 0 Å². The molecule has 2 aromatic rings. The van der Waals surface area contributed by atoms with Crippen molar-refractivity contribution in [2.24, 2.45) is 5.92 Å². The minimum absolute atomic E-state index is 0.163. The first-order chi connectivity index (χ1) is 13.8. The smallest absolute Gasteiger partial charge is 0.272 e. The number of rotatable bonds is 7. The Morgan fingerprint density at radius 3 is 2.10 bits per heavy atom. The normalized spacial score (nSPS) is 14.5. The summed E-state index contributed by atoms with van der Waals surface area (Å²) in [7, 11) is 0. The molecule has 29 heavy (non-hydrogen) atoms. The minimum Gasteiger partial charge on any atom is -0.493 e. The van der Waals surface area contributed by atoms with Crippen LogP contribution in [0.3, 0.4) is 0 Å². The number of anilines is 1. The van der Waals surface area contributed by atoms with Gasteiger partial charge in [0, 0.05) is 10.3 Å². The summed E-state index contributed by atoms with van der Waals surface area (Å²) in [5.41, 5.74) is 1.65. The predicted octanol–water partition coefficient (Wildman–Crippen LogP) is 5.80. The van der Waals surface area contributed by atoms with Crippen LogP contribution in [0.5, 0.6) is 5.75 Å². The first-order valence-corrected chi connectivity index (χ1v) is 10.8. The Kier molecular flexibility index (Phi) is 6.70. The quantitative estimate of drug-likeness (QED) is 0.522. The summed E-state index contributed by atoms with van der Waals surface area (Å²) in [6.45, 7) is 8.80. The highest BCUT2D eigenvalue weighted by molar-refractivity contribution is 8.04. The SMILES string of the molecule is CC(C)COc1ccc(C2=C(SC(C)C)C(=O)N(c3ccc(Cl)cc3)C2=O)cc1. The summed E-state index contributed by atoms with van der Waals surface area (Å²) in [5.74, 6) is 0.545. The molecule has 1 aliphatic rings. The Hall–Kier alpha value is -2.24. The molecule has 0 N–H and O–H groups in total. The third kappa shape index (κ3) is 4.85. The molecule has 152 valence electrons. The third-order valence-electron chi connectivity index (χ3n) is 4.21. The van der Waals surface area contributed by atoms with Gasteiger partial charge in [-0.25, -0.2) is 4.90 Å². The summed E-state index contributed by atoms with van der Waals surface area (Å²) in [6.07, 6.45) is 0. The second-order valence-corrected chi connectivity index (χ2v) is 9.55. The van der Waals surface area contributed by atoms with Crippen molar-refractivity contribution >= 4 is 46.4 Å². The lowest BCUT2D eigenvalue weighted by molar-refractivity contribution is -0.119. The number of nitrogens with zero attached hydrogens (tertiary/aromatic N) is 1. The molecular weight excluding hydrogens is 406 g/mol. The summed E-state index contributed by atoms with van der Waals surface area (Å²) < 4.78 is 5.73. The standard InChI is InChI=1S/C23H24ClNO3S/c1-14(2)13-28-19-11-5-16(6-12-19)20-21(29-15(3)4)23(27)25(22(20)26)18-9-7-17(24)8-10-18/h5-12,14-15H,13H2,1-4H3. The number of benzene rings is 2. The fraction of sp³-hybridized carbons (Fsp3) is 0.304. The van der Waals surface area contributed by atoms with Crippen LogP contribution in [0, 0.1) is 5.92 Å². The van der Waals surface area contributed by atoms with Gasteiger partial charge in [0.15, 0.2) is 0 Å². The van der Waals surface area contributed by atoms with Crippen LogP contribution in [0.15, 0.2) is 53.4 Å². The maximum absolute atomic E-state index is 13.3. The van der Waals surface area contributed by atoms with Crippen molar-refractivity contribution in [2.75, 3.05) is 11.5 Å². The van der Waals surface area contributed by atoms with Gasteiger partial charge in [0.2, 0.25) is 0 Å². The zero-order valence-electron chi connectivity index (χ0n) is 16.9. The predicted molar refractivity (Wildman–Crippen MR) is 120 cm³/mol. The van der Waals surface area contributed by atoms with Crippen molar-refractivity contribution < 1.29 is 14.3 Å². The van der Waals surface area contributed by atoms with Gasteiger partial charge in [0.25, 0.3) is 11.8 Å². The van der Waals surface area contributed by atoms with Crippen LogP contribution in [-0.2, 0) is 9.59 Å². The van der Waals surface area contributed by atoms with Crippen molar-refractivity contribution in [2.45, 2.75) is 32.9 Å². The third-order valence-corrected chi connectivity index (χ3v) is 5.54. The number of thioether (sulfide) groups is 1. The summed E-state index contributed by atoms with van der Waals surface area (Å²) in [5, 5.41) is 0.713. The molecule has 0 aromatic heterocycles. The molecule has 0 fully saturated rings. The number of carbonyl (C=O) groups is 2. The van der Waals surface area contributed by atoms with E-state index in [9.17, 15) is 9.59 Å². The molecule has 0 aliphatic carbocycles. The Bertz CT molecular complexity index is 934. The number of hydrogen-bond donors (Lipinski definition) is 0. The Balaban J connectivity index is 1.96. The van der Waals surface area contributed by atoms with Gasteiger partial charge in [0.05, 0.1) is 22.8 Å². The zero-order chi connectivity index (χ0) is 21.1.